The van der Waals surface area contributed by atoms with Crippen LogP contribution in [0.3, 0.4) is 0 Å². The van der Waals surface area contributed by atoms with Gasteiger partial charge in [-0.3, -0.25) is 14.4 Å². The first-order chi connectivity index (χ1) is 39.5. The Hall–Kier alpha value is -3.15. The molecule has 1 unspecified atom stereocenters. The van der Waals surface area contributed by atoms with E-state index in [-0.39, 0.29) is 31.1 Å². The van der Waals surface area contributed by atoms with Gasteiger partial charge < -0.3 is 14.2 Å². The molecule has 0 aromatic heterocycles. The highest BCUT2D eigenvalue weighted by Crippen LogP contribution is 2.18. The molecule has 0 aromatic carbocycles. The van der Waals surface area contributed by atoms with Crippen molar-refractivity contribution in [2.24, 2.45) is 0 Å². The van der Waals surface area contributed by atoms with Crippen LogP contribution in [0.5, 0.6) is 0 Å². The van der Waals surface area contributed by atoms with Gasteiger partial charge in [-0.2, -0.15) is 0 Å². The molecule has 0 bridgehead atoms. The van der Waals surface area contributed by atoms with Gasteiger partial charge >= 0.3 is 17.9 Å². The molecule has 80 heavy (non-hydrogen) atoms. The first-order valence-corrected chi connectivity index (χ1v) is 34.9. The summed E-state index contributed by atoms with van der Waals surface area (Å²) in [6.07, 6.45) is 89.2. The molecule has 0 rings (SSSR count). The van der Waals surface area contributed by atoms with Crippen molar-refractivity contribution >= 4 is 17.9 Å². The third-order valence-corrected chi connectivity index (χ3v) is 15.5. The predicted molar refractivity (Wildman–Crippen MR) is 348 cm³/mol. The summed E-state index contributed by atoms with van der Waals surface area (Å²) in [5, 5.41) is 0. The number of carbonyl (C=O) groups is 3. The zero-order chi connectivity index (χ0) is 57.8. The normalized spacial score (nSPS) is 12.5. The van der Waals surface area contributed by atoms with Crippen LogP contribution in [-0.2, 0) is 28.6 Å². The largest absolute Gasteiger partial charge is 0.462 e. The van der Waals surface area contributed by atoms with Gasteiger partial charge in [0, 0.05) is 19.3 Å². The van der Waals surface area contributed by atoms with Gasteiger partial charge in [0.15, 0.2) is 6.10 Å². The van der Waals surface area contributed by atoms with Gasteiger partial charge in [-0.05, 0) is 70.6 Å². The van der Waals surface area contributed by atoms with Crippen molar-refractivity contribution in [1.82, 2.24) is 0 Å². The standard InChI is InChI=1S/C74H132O6/c1-4-7-10-13-16-19-22-25-28-30-32-34-36-37-39-40-42-44-46-49-52-55-58-61-64-67-73(76)79-70-71(69-78-72(75)66-63-60-57-54-51-48-27-24-21-18-15-12-9-6-3)80-74(77)68-65-62-59-56-53-50-47-45-43-41-38-35-33-31-29-26-23-20-17-14-11-8-5-2/h7,10,16,19,25,28,32,34,37,39,42,44,71H,4-6,8-9,11-15,17-18,20-24,26-27,29-31,33,35-36,38,40-41,43,45-70H2,1-3H3/b10-7-,19-16-,28-25-,34-32-,39-37-,44-42-. The number of hydrogen-bond donors (Lipinski definition) is 0. The van der Waals surface area contributed by atoms with E-state index in [4.69, 9.17) is 14.2 Å². The number of rotatable bonds is 64. The molecule has 464 valence electrons. The molecule has 0 aliphatic rings. The summed E-state index contributed by atoms with van der Waals surface area (Å²) in [4.78, 5) is 38.4. The summed E-state index contributed by atoms with van der Waals surface area (Å²) in [6.45, 7) is 6.58. The Morgan fingerprint density at radius 3 is 0.762 bits per heavy atom. The number of allylic oxidation sites excluding steroid dienone is 12. The first-order valence-electron chi connectivity index (χ1n) is 34.9. The topological polar surface area (TPSA) is 78.9 Å². The summed E-state index contributed by atoms with van der Waals surface area (Å²) in [5.41, 5.74) is 0. The van der Waals surface area contributed by atoms with Crippen LogP contribution >= 0.6 is 0 Å². The summed E-state index contributed by atoms with van der Waals surface area (Å²) in [5.74, 6) is -0.867. The Morgan fingerprint density at radius 1 is 0.263 bits per heavy atom. The Bertz CT molecular complexity index is 1470. The number of hydrogen-bond acceptors (Lipinski definition) is 6. The van der Waals surface area contributed by atoms with Crippen molar-refractivity contribution in [3.63, 3.8) is 0 Å². The fourth-order valence-corrected chi connectivity index (χ4v) is 10.3. The maximum absolute atomic E-state index is 13.0. The highest BCUT2D eigenvalue weighted by atomic mass is 16.6. The molecule has 0 aliphatic heterocycles. The molecule has 0 radical (unpaired) electrons. The second-order valence-corrected chi connectivity index (χ2v) is 23.4. The maximum atomic E-state index is 13.0. The number of carbonyl (C=O) groups excluding carboxylic acids is 3. The highest BCUT2D eigenvalue weighted by Gasteiger charge is 2.19. The zero-order valence-corrected chi connectivity index (χ0v) is 53.3. The van der Waals surface area contributed by atoms with E-state index in [1.165, 1.54) is 218 Å². The minimum atomic E-state index is -0.780. The van der Waals surface area contributed by atoms with Crippen molar-refractivity contribution in [3.8, 4) is 0 Å². The van der Waals surface area contributed by atoms with Crippen LogP contribution in [0.1, 0.15) is 361 Å². The molecule has 0 N–H and O–H groups in total. The average Bonchev–Trinajstić information content (AvgIpc) is 3.46. The number of esters is 3. The van der Waals surface area contributed by atoms with Gasteiger partial charge in [-0.1, -0.05) is 344 Å². The van der Waals surface area contributed by atoms with Crippen LogP contribution in [-0.4, -0.2) is 37.2 Å². The second kappa shape index (κ2) is 68.3. The molecule has 1 atom stereocenters. The van der Waals surface area contributed by atoms with Crippen molar-refractivity contribution in [1.29, 1.82) is 0 Å². The monoisotopic (exact) mass is 1120 g/mol. The summed E-state index contributed by atoms with van der Waals surface area (Å²) in [7, 11) is 0. The molecule has 0 fully saturated rings. The lowest BCUT2D eigenvalue weighted by Crippen LogP contribution is -2.30. The van der Waals surface area contributed by atoms with E-state index < -0.39 is 6.10 Å². The maximum Gasteiger partial charge on any atom is 0.306 e. The molecule has 0 spiro atoms. The van der Waals surface area contributed by atoms with Gasteiger partial charge in [0.25, 0.3) is 0 Å². The Labute approximate surface area is 497 Å². The molecule has 0 amide bonds. The lowest BCUT2D eigenvalue weighted by Gasteiger charge is -2.18. The van der Waals surface area contributed by atoms with E-state index in [0.29, 0.717) is 19.3 Å². The first kappa shape index (κ1) is 76.9. The van der Waals surface area contributed by atoms with E-state index in [2.05, 4.69) is 93.7 Å². The second-order valence-electron chi connectivity index (χ2n) is 23.4. The van der Waals surface area contributed by atoms with Crippen molar-refractivity contribution in [3.05, 3.63) is 72.9 Å². The Kier molecular flexibility index (Phi) is 65.7. The van der Waals surface area contributed by atoms with Crippen LogP contribution in [0.4, 0.5) is 0 Å². The van der Waals surface area contributed by atoms with E-state index in [0.717, 1.165) is 103 Å². The van der Waals surface area contributed by atoms with E-state index in [1.54, 1.807) is 0 Å². The molecule has 6 heteroatoms. The summed E-state index contributed by atoms with van der Waals surface area (Å²) < 4.78 is 17.0. The molecular formula is C74H132O6. The third kappa shape index (κ3) is 65.7. The fraction of sp³-hybridized carbons (Fsp3) is 0.797. The van der Waals surface area contributed by atoms with Crippen LogP contribution in [0.15, 0.2) is 72.9 Å². The van der Waals surface area contributed by atoms with Crippen molar-refractivity contribution in [2.45, 2.75) is 367 Å². The van der Waals surface area contributed by atoms with Crippen molar-refractivity contribution < 1.29 is 28.6 Å². The van der Waals surface area contributed by atoms with Crippen LogP contribution in [0.2, 0.25) is 0 Å². The van der Waals surface area contributed by atoms with E-state index >= 15 is 0 Å². The van der Waals surface area contributed by atoms with Gasteiger partial charge in [0.1, 0.15) is 13.2 Å². The van der Waals surface area contributed by atoms with Gasteiger partial charge in [0.05, 0.1) is 0 Å². The smallest absolute Gasteiger partial charge is 0.306 e. The molecule has 0 saturated carbocycles. The lowest BCUT2D eigenvalue weighted by molar-refractivity contribution is -0.167. The minimum Gasteiger partial charge on any atom is -0.462 e. The SMILES string of the molecule is CC/C=C\C/C=C\C/C=C\C/C=C\C/C=C\C/C=C\CCCCCCCCC(=O)OCC(COC(=O)CCCCCCCCCCCCCCCC)OC(=O)CCCCCCCCCCCCCCCCCCCCCCCCC. The number of unbranched alkanes of at least 4 members (excludes halogenated alkanes) is 41. The molecule has 0 heterocycles. The molecular weight excluding hydrogens is 985 g/mol. The fourth-order valence-electron chi connectivity index (χ4n) is 10.3. The van der Waals surface area contributed by atoms with Crippen LogP contribution in [0, 0.1) is 0 Å². The average molecular weight is 1120 g/mol. The third-order valence-electron chi connectivity index (χ3n) is 15.5. The summed E-state index contributed by atoms with van der Waals surface area (Å²) >= 11 is 0. The van der Waals surface area contributed by atoms with Crippen LogP contribution < -0.4 is 0 Å². The van der Waals surface area contributed by atoms with Gasteiger partial charge in [-0.25, -0.2) is 0 Å². The molecule has 0 aromatic rings. The molecule has 0 saturated heterocycles. The highest BCUT2D eigenvalue weighted by molar-refractivity contribution is 5.71. The number of ether oxygens (including phenoxy) is 3. The van der Waals surface area contributed by atoms with Gasteiger partial charge in [-0.15, -0.1) is 0 Å². The zero-order valence-electron chi connectivity index (χ0n) is 53.3. The van der Waals surface area contributed by atoms with Crippen LogP contribution in [0.25, 0.3) is 0 Å². The molecule has 6 nitrogen and oxygen atoms in total. The predicted octanol–water partition coefficient (Wildman–Crippen LogP) is 24.1. The van der Waals surface area contributed by atoms with E-state index in [1.807, 2.05) is 0 Å². The summed E-state index contributed by atoms with van der Waals surface area (Å²) in [6, 6.07) is 0. The molecule has 0 aliphatic carbocycles. The van der Waals surface area contributed by atoms with E-state index in [9.17, 15) is 14.4 Å². The van der Waals surface area contributed by atoms with Gasteiger partial charge in [0.2, 0.25) is 0 Å². The van der Waals surface area contributed by atoms with Crippen molar-refractivity contribution in [2.75, 3.05) is 13.2 Å². The Morgan fingerprint density at radius 2 is 0.487 bits per heavy atom. The quantitative estimate of drug-likeness (QED) is 0.0261. The Balaban J connectivity index is 4.32. The lowest BCUT2D eigenvalue weighted by atomic mass is 10.0. The minimum absolute atomic E-state index is 0.0750.